The largest absolute Gasteiger partial charge is 0.490 e. The zero-order valence-electron chi connectivity index (χ0n) is 17.1. The third-order valence-electron chi connectivity index (χ3n) is 4.44. The maximum atomic E-state index is 12.4. The van der Waals surface area contributed by atoms with E-state index in [1.165, 1.54) is 11.8 Å². The zero-order chi connectivity index (χ0) is 21.5. The quantitative estimate of drug-likeness (QED) is 0.499. The van der Waals surface area contributed by atoms with Gasteiger partial charge in [-0.15, -0.1) is 0 Å². The average Bonchev–Trinajstić information content (AvgIpc) is 3.13. The summed E-state index contributed by atoms with van der Waals surface area (Å²) in [5, 5.41) is 3.38. The van der Waals surface area contributed by atoms with Crippen LogP contribution in [0, 0.1) is 0 Å². The Bertz CT molecular complexity index is 1110. The van der Waals surface area contributed by atoms with Crippen LogP contribution in [0.1, 0.15) is 18.1 Å². The average molecular weight is 431 g/mol. The topological polar surface area (TPSA) is 59.9 Å². The molecule has 31 heavy (non-hydrogen) atoms. The number of nitrogens with one attached hydrogen (secondary N) is 1. The van der Waals surface area contributed by atoms with Crippen LogP contribution < -0.4 is 14.8 Å². The molecule has 1 amide bonds. The highest BCUT2D eigenvalue weighted by Crippen LogP contribution is 2.33. The molecule has 1 heterocycles. The number of thioether (sulfide) groups is 1. The second kappa shape index (κ2) is 10.00. The van der Waals surface area contributed by atoms with Gasteiger partial charge < -0.3 is 14.8 Å². The Morgan fingerprint density at radius 3 is 2.42 bits per heavy atom. The Balaban J connectivity index is 1.51. The Kier molecular flexibility index (Phi) is 6.69. The van der Waals surface area contributed by atoms with Gasteiger partial charge in [0, 0.05) is 0 Å². The molecular formula is C25H22N2O3S. The van der Waals surface area contributed by atoms with Crippen LogP contribution >= 0.6 is 11.8 Å². The predicted molar refractivity (Wildman–Crippen MR) is 126 cm³/mol. The van der Waals surface area contributed by atoms with E-state index in [2.05, 4.69) is 10.3 Å². The first-order valence-corrected chi connectivity index (χ1v) is 10.8. The molecule has 6 heteroatoms. The highest BCUT2D eigenvalue weighted by atomic mass is 32.2. The number of rotatable bonds is 7. The molecule has 0 saturated carbocycles. The summed E-state index contributed by atoms with van der Waals surface area (Å²) in [6.07, 6.45) is 1.83. The molecule has 0 bridgehead atoms. The van der Waals surface area contributed by atoms with Gasteiger partial charge in [-0.25, -0.2) is 4.99 Å². The van der Waals surface area contributed by atoms with Crippen molar-refractivity contribution < 1.29 is 14.3 Å². The van der Waals surface area contributed by atoms with Gasteiger partial charge in [0.2, 0.25) is 0 Å². The van der Waals surface area contributed by atoms with Crippen molar-refractivity contribution >= 4 is 34.6 Å². The SMILES string of the molecule is CCOc1cc(C=C2SC(=Nc3ccccc3)NC2=O)ccc1OCc1ccccc1. The Morgan fingerprint density at radius 1 is 0.935 bits per heavy atom. The van der Waals surface area contributed by atoms with Crippen LogP contribution in [0.3, 0.4) is 0 Å². The van der Waals surface area contributed by atoms with Crippen molar-refractivity contribution in [1.82, 2.24) is 5.32 Å². The first kappa shape index (κ1) is 20.8. The van der Waals surface area contributed by atoms with E-state index < -0.39 is 0 Å². The third kappa shape index (κ3) is 5.55. The molecule has 1 saturated heterocycles. The van der Waals surface area contributed by atoms with Gasteiger partial charge in [-0.05, 0) is 60.2 Å². The lowest BCUT2D eigenvalue weighted by atomic mass is 10.2. The fourth-order valence-electron chi connectivity index (χ4n) is 2.99. The molecule has 0 unspecified atom stereocenters. The zero-order valence-corrected chi connectivity index (χ0v) is 17.9. The van der Waals surface area contributed by atoms with E-state index in [-0.39, 0.29) is 5.91 Å². The summed E-state index contributed by atoms with van der Waals surface area (Å²) in [6, 6.07) is 25.2. The van der Waals surface area contributed by atoms with Crippen molar-refractivity contribution in [3.63, 3.8) is 0 Å². The van der Waals surface area contributed by atoms with Crippen LogP contribution in [-0.4, -0.2) is 17.7 Å². The lowest BCUT2D eigenvalue weighted by molar-refractivity contribution is -0.115. The predicted octanol–water partition coefficient (Wildman–Crippen LogP) is 5.56. The summed E-state index contributed by atoms with van der Waals surface area (Å²) >= 11 is 1.32. The van der Waals surface area contributed by atoms with Gasteiger partial charge in [0.1, 0.15) is 6.61 Å². The number of hydrogen-bond donors (Lipinski definition) is 1. The van der Waals surface area contributed by atoms with Crippen LogP contribution in [0.15, 0.2) is 88.8 Å². The van der Waals surface area contributed by atoms with Crippen molar-refractivity contribution in [3.8, 4) is 11.5 Å². The molecule has 0 aromatic heterocycles. The molecule has 3 aromatic rings. The van der Waals surface area contributed by atoms with Crippen molar-refractivity contribution in [3.05, 3.63) is 94.9 Å². The molecule has 5 nitrogen and oxygen atoms in total. The number of ether oxygens (including phenoxy) is 2. The molecule has 1 aliphatic heterocycles. The third-order valence-corrected chi connectivity index (χ3v) is 5.35. The highest BCUT2D eigenvalue weighted by Gasteiger charge is 2.24. The molecule has 0 radical (unpaired) electrons. The molecule has 0 aliphatic carbocycles. The number of carbonyl (C=O) groups is 1. The molecule has 3 aromatic carbocycles. The second-order valence-corrected chi connectivity index (χ2v) is 7.76. The minimum absolute atomic E-state index is 0.165. The van der Waals surface area contributed by atoms with Gasteiger partial charge >= 0.3 is 0 Å². The number of amides is 1. The summed E-state index contributed by atoms with van der Waals surface area (Å²) in [5.41, 5.74) is 2.74. The van der Waals surface area contributed by atoms with E-state index in [1.54, 1.807) is 0 Å². The Hall–Kier alpha value is -3.51. The molecule has 1 fully saturated rings. The van der Waals surface area contributed by atoms with Gasteiger partial charge in [0.25, 0.3) is 5.91 Å². The second-order valence-electron chi connectivity index (χ2n) is 6.73. The van der Waals surface area contributed by atoms with Gasteiger partial charge in [0.15, 0.2) is 16.7 Å². The summed E-state index contributed by atoms with van der Waals surface area (Å²) in [6.45, 7) is 2.91. The number of benzene rings is 3. The molecule has 0 spiro atoms. The summed E-state index contributed by atoms with van der Waals surface area (Å²) in [4.78, 5) is 17.4. The maximum absolute atomic E-state index is 12.4. The number of para-hydroxylation sites is 1. The van der Waals surface area contributed by atoms with Crippen LogP contribution in [0.5, 0.6) is 11.5 Å². The van der Waals surface area contributed by atoms with Gasteiger partial charge in [-0.3, -0.25) is 4.79 Å². The molecule has 1 N–H and O–H groups in total. The van der Waals surface area contributed by atoms with E-state index in [1.807, 2.05) is 91.9 Å². The minimum atomic E-state index is -0.165. The minimum Gasteiger partial charge on any atom is -0.490 e. The lowest BCUT2D eigenvalue weighted by Gasteiger charge is -2.13. The molecule has 4 rings (SSSR count). The first-order chi connectivity index (χ1) is 15.2. The van der Waals surface area contributed by atoms with Crippen molar-refractivity contribution in [2.75, 3.05) is 6.61 Å². The lowest BCUT2D eigenvalue weighted by Crippen LogP contribution is -2.19. The number of amidine groups is 1. The molecule has 1 aliphatic rings. The smallest absolute Gasteiger partial charge is 0.264 e. The van der Waals surface area contributed by atoms with Gasteiger partial charge in [-0.1, -0.05) is 54.6 Å². The number of carbonyl (C=O) groups excluding carboxylic acids is 1. The fraction of sp³-hybridized carbons (Fsp3) is 0.120. The fourth-order valence-corrected chi connectivity index (χ4v) is 3.83. The van der Waals surface area contributed by atoms with E-state index in [9.17, 15) is 4.79 Å². The normalized spacial score (nSPS) is 15.8. The monoisotopic (exact) mass is 430 g/mol. The van der Waals surface area contributed by atoms with E-state index in [4.69, 9.17) is 9.47 Å². The number of hydrogen-bond acceptors (Lipinski definition) is 5. The summed E-state index contributed by atoms with van der Waals surface area (Å²) in [7, 11) is 0. The van der Waals surface area contributed by atoms with Gasteiger partial charge in [-0.2, -0.15) is 0 Å². The van der Waals surface area contributed by atoms with Crippen molar-refractivity contribution in [1.29, 1.82) is 0 Å². The van der Waals surface area contributed by atoms with Crippen molar-refractivity contribution in [2.24, 2.45) is 4.99 Å². The number of nitrogens with zero attached hydrogens (tertiary/aromatic N) is 1. The maximum Gasteiger partial charge on any atom is 0.264 e. The van der Waals surface area contributed by atoms with Crippen LogP contribution in [0.2, 0.25) is 0 Å². The van der Waals surface area contributed by atoms with Crippen LogP contribution in [-0.2, 0) is 11.4 Å². The van der Waals surface area contributed by atoms with E-state index in [0.717, 1.165) is 16.8 Å². The number of aliphatic imine (C=N–C) groups is 1. The first-order valence-electron chi connectivity index (χ1n) is 9.99. The standard InChI is InChI=1S/C25H22N2O3S/c1-2-29-22-15-19(13-14-21(22)30-17-18-9-5-3-6-10-18)16-23-24(28)27-25(31-23)26-20-11-7-4-8-12-20/h3-16H,2,17H2,1H3,(H,26,27,28). The highest BCUT2D eigenvalue weighted by molar-refractivity contribution is 8.18. The Labute approximate surface area is 185 Å². The summed E-state index contributed by atoms with van der Waals surface area (Å²) < 4.78 is 11.7. The van der Waals surface area contributed by atoms with E-state index >= 15 is 0 Å². The van der Waals surface area contributed by atoms with Crippen LogP contribution in [0.4, 0.5) is 5.69 Å². The summed E-state index contributed by atoms with van der Waals surface area (Å²) in [5.74, 6) is 1.15. The van der Waals surface area contributed by atoms with E-state index in [0.29, 0.717) is 34.8 Å². The van der Waals surface area contributed by atoms with Crippen molar-refractivity contribution in [2.45, 2.75) is 13.5 Å². The van der Waals surface area contributed by atoms with Gasteiger partial charge in [0.05, 0.1) is 17.2 Å². The molecular weight excluding hydrogens is 408 g/mol. The molecule has 156 valence electrons. The Morgan fingerprint density at radius 2 is 1.68 bits per heavy atom. The van der Waals surface area contributed by atoms with Crippen LogP contribution in [0.25, 0.3) is 6.08 Å². The molecule has 0 atom stereocenters.